The van der Waals surface area contributed by atoms with Crippen molar-refractivity contribution in [2.24, 2.45) is 5.73 Å². The summed E-state index contributed by atoms with van der Waals surface area (Å²) in [5.41, 5.74) is 5.85. The van der Waals surface area contributed by atoms with Gasteiger partial charge in [0.1, 0.15) is 11.8 Å². The Hall–Kier alpha value is -0.940. The summed E-state index contributed by atoms with van der Waals surface area (Å²) in [7, 11) is 0. The summed E-state index contributed by atoms with van der Waals surface area (Å²) in [6.07, 6.45) is -0.791. The number of aromatic nitrogens is 2. The predicted molar refractivity (Wildman–Crippen MR) is 37.6 cm³/mol. The summed E-state index contributed by atoms with van der Waals surface area (Å²) in [4.78, 5) is 0. The standard InChI is InChI=1S/C6H11N3O2/c1-3(7)6(10)5-4(2)11-9-8-5/h3,6,10H,7H2,1-2H3. The number of hydrogen-bond donors (Lipinski definition) is 2. The maximum Gasteiger partial charge on any atom is 0.160 e. The van der Waals surface area contributed by atoms with E-state index in [9.17, 15) is 5.11 Å². The lowest BCUT2D eigenvalue weighted by Crippen LogP contribution is -2.25. The fraction of sp³-hybridized carbons (Fsp3) is 0.667. The van der Waals surface area contributed by atoms with Crippen LogP contribution in [0, 0.1) is 6.92 Å². The molecule has 2 atom stereocenters. The Morgan fingerprint density at radius 2 is 2.27 bits per heavy atom. The van der Waals surface area contributed by atoms with E-state index in [1.54, 1.807) is 13.8 Å². The quantitative estimate of drug-likeness (QED) is 0.618. The minimum Gasteiger partial charge on any atom is -0.385 e. The Morgan fingerprint density at radius 1 is 1.64 bits per heavy atom. The van der Waals surface area contributed by atoms with E-state index in [1.165, 1.54) is 0 Å². The Balaban J connectivity index is 2.84. The molecule has 0 aliphatic rings. The van der Waals surface area contributed by atoms with E-state index in [1.807, 2.05) is 0 Å². The van der Waals surface area contributed by atoms with Crippen LogP contribution in [0.3, 0.4) is 0 Å². The van der Waals surface area contributed by atoms with E-state index in [4.69, 9.17) is 5.73 Å². The van der Waals surface area contributed by atoms with Gasteiger partial charge in [0.15, 0.2) is 5.76 Å². The fourth-order valence-corrected chi connectivity index (χ4v) is 0.759. The molecule has 0 aliphatic carbocycles. The van der Waals surface area contributed by atoms with Gasteiger partial charge >= 0.3 is 0 Å². The SMILES string of the molecule is Cc1onnc1C(O)C(C)N. The van der Waals surface area contributed by atoms with Crippen molar-refractivity contribution in [3.05, 3.63) is 11.5 Å². The van der Waals surface area contributed by atoms with Crippen molar-refractivity contribution in [2.75, 3.05) is 0 Å². The van der Waals surface area contributed by atoms with Gasteiger partial charge in [0.2, 0.25) is 0 Å². The van der Waals surface area contributed by atoms with E-state index in [0.717, 1.165) is 0 Å². The van der Waals surface area contributed by atoms with Crippen molar-refractivity contribution >= 4 is 0 Å². The molecule has 0 saturated heterocycles. The van der Waals surface area contributed by atoms with Crippen molar-refractivity contribution in [2.45, 2.75) is 26.0 Å². The third-order valence-electron chi connectivity index (χ3n) is 1.47. The molecule has 1 rings (SSSR count). The van der Waals surface area contributed by atoms with E-state index >= 15 is 0 Å². The van der Waals surface area contributed by atoms with E-state index < -0.39 is 6.10 Å². The topological polar surface area (TPSA) is 85.2 Å². The van der Waals surface area contributed by atoms with Gasteiger partial charge in [-0.3, -0.25) is 0 Å². The maximum atomic E-state index is 9.38. The number of aryl methyl sites for hydroxylation is 1. The molecule has 0 spiro atoms. The van der Waals surface area contributed by atoms with Crippen LogP contribution in [-0.2, 0) is 0 Å². The normalized spacial score (nSPS) is 16.4. The predicted octanol–water partition coefficient (Wildman–Crippen LogP) is -0.241. The largest absolute Gasteiger partial charge is 0.385 e. The fourth-order valence-electron chi connectivity index (χ4n) is 0.759. The molecule has 1 aromatic heterocycles. The van der Waals surface area contributed by atoms with Crippen molar-refractivity contribution in [1.82, 2.24) is 10.4 Å². The average Bonchev–Trinajstić information content (AvgIpc) is 2.33. The molecule has 2 unspecified atom stereocenters. The Morgan fingerprint density at radius 3 is 2.64 bits per heavy atom. The summed E-state index contributed by atoms with van der Waals surface area (Å²) >= 11 is 0. The summed E-state index contributed by atoms with van der Waals surface area (Å²) < 4.78 is 4.66. The zero-order valence-electron chi connectivity index (χ0n) is 6.48. The van der Waals surface area contributed by atoms with Crippen LogP contribution in [0.5, 0.6) is 0 Å². The first-order valence-electron chi connectivity index (χ1n) is 3.35. The highest BCUT2D eigenvalue weighted by atomic mass is 16.5. The zero-order valence-corrected chi connectivity index (χ0v) is 6.48. The minimum atomic E-state index is -0.791. The summed E-state index contributed by atoms with van der Waals surface area (Å²) in [5.74, 6) is 0.509. The van der Waals surface area contributed by atoms with Gasteiger partial charge in [0.05, 0.1) is 0 Å². The summed E-state index contributed by atoms with van der Waals surface area (Å²) in [6.45, 7) is 3.37. The lowest BCUT2D eigenvalue weighted by Gasteiger charge is -2.10. The minimum absolute atomic E-state index is 0.361. The first kappa shape index (κ1) is 8.16. The number of aliphatic hydroxyl groups excluding tert-OH is 1. The van der Waals surface area contributed by atoms with Gasteiger partial charge in [-0.05, 0) is 13.8 Å². The maximum absolute atomic E-state index is 9.38. The first-order valence-corrected chi connectivity index (χ1v) is 3.35. The number of hydrogen-bond acceptors (Lipinski definition) is 5. The van der Waals surface area contributed by atoms with Crippen LogP contribution in [-0.4, -0.2) is 21.5 Å². The second-order valence-corrected chi connectivity index (χ2v) is 2.52. The smallest absolute Gasteiger partial charge is 0.160 e. The second kappa shape index (κ2) is 2.98. The third-order valence-corrected chi connectivity index (χ3v) is 1.47. The van der Waals surface area contributed by atoms with Crippen molar-refractivity contribution in [3.63, 3.8) is 0 Å². The number of rotatable bonds is 2. The number of nitrogens with two attached hydrogens (primary N) is 1. The van der Waals surface area contributed by atoms with Gasteiger partial charge < -0.3 is 15.4 Å². The third kappa shape index (κ3) is 1.55. The molecule has 0 fully saturated rings. The van der Waals surface area contributed by atoms with E-state index in [2.05, 4.69) is 14.9 Å². The van der Waals surface area contributed by atoms with Crippen molar-refractivity contribution in [3.8, 4) is 0 Å². The second-order valence-electron chi connectivity index (χ2n) is 2.52. The average molecular weight is 157 g/mol. The summed E-state index contributed by atoms with van der Waals surface area (Å²) in [6, 6.07) is -0.361. The molecule has 0 amide bonds. The van der Waals surface area contributed by atoms with Crippen molar-refractivity contribution < 1.29 is 9.63 Å². The van der Waals surface area contributed by atoms with Crippen LogP contribution < -0.4 is 5.73 Å². The van der Waals surface area contributed by atoms with Crippen LogP contribution in [0.25, 0.3) is 0 Å². The van der Waals surface area contributed by atoms with Crippen LogP contribution in [0.4, 0.5) is 0 Å². The Kier molecular flexibility index (Phi) is 2.21. The highest BCUT2D eigenvalue weighted by molar-refractivity contribution is 5.07. The molecule has 5 nitrogen and oxygen atoms in total. The Bertz CT molecular complexity index is 233. The molecular formula is C6H11N3O2. The van der Waals surface area contributed by atoms with E-state index in [0.29, 0.717) is 11.5 Å². The molecule has 0 radical (unpaired) electrons. The van der Waals surface area contributed by atoms with E-state index in [-0.39, 0.29) is 6.04 Å². The van der Waals surface area contributed by atoms with Gasteiger partial charge in [0, 0.05) is 11.3 Å². The van der Waals surface area contributed by atoms with Crippen LogP contribution >= 0.6 is 0 Å². The Labute approximate surface area is 64.2 Å². The monoisotopic (exact) mass is 157 g/mol. The molecule has 62 valence electrons. The van der Waals surface area contributed by atoms with Crippen LogP contribution in [0.15, 0.2) is 4.52 Å². The molecule has 0 bridgehead atoms. The molecule has 0 aromatic carbocycles. The van der Waals surface area contributed by atoms with Gasteiger partial charge in [-0.15, -0.1) is 5.10 Å². The van der Waals surface area contributed by atoms with Gasteiger partial charge in [-0.2, -0.15) is 0 Å². The molecular weight excluding hydrogens is 146 g/mol. The summed E-state index contributed by atoms with van der Waals surface area (Å²) in [5, 5.41) is 16.3. The molecule has 1 heterocycles. The molecule has 5 heteroatoms. The van der Waals surface area contributed by atoms with Crippen LogP contribution in [0.2, 0.25) is 0 Å². The van der Waals surface area contributed by atoms with Gasteiger partial charge in [-0.25, -0.2) is 0 Å². The van der Waals surface area contributed by atoms with Crippen molar-refractivity contribution in [1.29, 1.82) is 0 Å². The zero-order chi connectivity index (χ0) is 8.43. The van der Waals surface area contributed by atoms with Gasteiger partial charge in [-0.1, -0.05) is 0 Å². The lowest BCUT2D eigenvalue weighted by molar-refractivity contribution is 0.147. The highest BCUT2D eigenvalue weighted by Gasteiger charge is 2.19. The molecule has 3 N–H and O–H groups in total. The van der Waals surface area contributed by atoms with Crippen LogP contribution in [0.1, 0.15) is 24.5 Å². The molecule has 11 heavy (non-hydrogen) atoms. The first-order chi connectivity index (χ1) is 5.13. The number of aliphatic hydroxyl groups is 1. The molecule has 0 saturated carbocycles. The van der Waals surface area contributed by atoms with Gasteiger partial charge in [0.25, 0.3) is 0 Å². The molecule has 1 aromatic rings. The molecule has 0 aliphatic heterocycles. The lowest BCUT2D eigenvalue weighted by atomic mass is 10.1. The highest BCUT2D eigenvalue weighted by Crippen LogP contribution is 2.15. The number of nitrogens with zero attached hydrogens (tertiary/aromatic N) is 2.